The van der Waals surface area contributed by atoms with E-state index in [-0.39, 0.29) is 0 Å². The molecule has 0 unspecified atom stereocenters. The van der Waals surface area contributed by atoms with Gasteiger partial charge in [-0.15, -0.1) is 0 Å². The minimum absolute atomic E-state index is 0.799. The molecular formula is C110H66N4O2. The van der Waals surface area contributed by atoms with E-state index in [0.717, 1.165) is 128 Å². The van der Waals surface area contributed by atoms with Gasteiger partial charge < -0.3 is 18.6 Å². The predicted molar refractivity (Wildman–Crippen MR) is 483 cm³/mol. The Bertz CT molecular complexity index is 7720. The maximum Gasteiger partial charge on any atom is 0.159 e. The number of rotatable bonds is 13. The minimum Gasteiger partial charge on any atom is -0.454 e. The molecule has 4 heterocycles. The van der Waals surface area contributed by atoms with Gasteiger partial charge in [0.2, 0.25) is 0 Å². The average molecular weight is 1480 g/mol. The summed E-state index contributed by atoms with van der Waals surface area (Å²) in [5.41, 5.74) is 34.9. The topological polar surface area (TPSA) is 58.5 Å². The molecule has 0 saturated carbocycles. The minimum atomic E-state index is 0.799. The molecule has 18 aromatic carbocycles. The highest BCUT2D eigenvalue weighted by molar-refractivity contribution is 6.31. The molecule has 0 atom stereocenters. The van der Waals surface area contributed by atoms with Crippen molar-refractivity contribution >= 4 is 121 Å². The van der Waals surface area contributed by atoms with Gasteiger partial charge in [-0.2, -0.15) is 0 Å². The fourth-order valence-corrected chi connectivity index (χ4v) is 19.4. The molecule has 2 aliphatic carbocycles. The summed E-state index contributed by atoms with van der Waals surface area (Å²) in [6.45, 7) is 0. The van der Waals surface area contributed by atoms with Crippen LogP contribution < -0.4 is 9.80 Å². The van der Waals surface area contributed by atoms with Crippen LogP contribution in [0.4, 0.5) is 34.1 Å². The lowest BCUT2D eigenvalue weighted by molar-refractivity contribution is 0.668. The summed E-state index contributed by atoms with van der Waals surface area (Å²) < 4.78 is 13.7. The first kappa shape index (κ1) is 65.2. The molecule has 538 valence electrons. The van der Waals surface area contributed by atoms with Gasteiger partial charge in [0.1, 0.15) is 11.2 Å². The van der Waals surface area contributed by atoms with Crippen molar-refractivity contribution in [1.82, 2.24) is 9.97 Å². The largest absolute Gasteiger partial charge is 0.454 e. The summed E-state index contributed by atoms with van der Waals surface area (Å²) in [4.78, 5) is 14.6. The maximum atomic E-state index is 6.97. The number of nitrogens with zero attached hydrogens (tertiary/aromatic N) is 4. The van der Waals surface area contributed by atoms with E-state index in [1.165, 1.54) is 116 Å². The molecule has 22 aromatic rings. The van der Waals surface area contributed by atoms with Crippen molar-refractivity contribution < 1.29 is 8.83 Å². The SMILES string of the molecule is c1ccc(-c2c3c(c(-c4ccccc4)c4ccccc24)-c2ccc(-c4cccc(N(c5ccc(-c6ccc7c(-c8ccccc8)c8c(c(-c9ccccc9)c7c6)-c6cccc7c(-c9cccc(N(c%10ccncc%10)c%10cccc%11c%10oc%10ccccc%10%11)c9)ccc-8c67)nc5)c5cccc6c5oc5ccccc56)c4)c4cccc-3c24)cc1. The molecular weight excluding hydrogens is 1410 g/mol. The Morgan fingerprint density at radius 2 is 0.578 bits per heavy atom. The number of para-hydroxylation sites is 4. The zero-order valence-electron chi connectivity index (χ0n) is 62.7. The van der Waals surface area contributed by atoms with Crippen molar-refractivity contribution in [3.63, 3.8) is 0 Å². The first-order valence-corrected chi connectivity index (χ1v) is 39.7. The number of fused-ring (bicyclic) bond motifs is 14. The molecule has 0 aliphatic heterocycles. The Hall–Kier alpha value is -15.5. The molecule has 0 amide bonds. The van der Waals surface area contributed by atoms with Crippen molar-refractivity contribution in [2.75, 3.05) is 9.80 Å². The normalized spacial score (nSPS) is 12.0. The molecule has 0 N–H and O–H groups in total. The summed E-state index contributed by atoms with van der Waals surface area (Å²) >= 11 is 0. The molecule has 0 fully saturated rings. The monoisotopic (exact) mass is 1470 g/mol. The predicted octanol–water partition coefficient (Wildman–Crippen LogP) is 30.8. The second-order valence-corrected chi connectivity index (χ2v) is 30.4. The van der Waals surface area contributed by atoms with Gasteiger partial charge in [-0.3, -0.25) is 9.97 Å². The van der Waals surface area contributed by atoms with Crippen LogP contribution in [0.25, 0.3) is 209 Å². The standard InChI is InChI=1S/C110H66N4O2/c1-5-25-67(26-6-1)99-84-39-13-14-40-85(84)100(68-27-7-2-8-28-68)107-91-56-54-79(82-41-21-45-89(103(82)91)105(99)107)72-34-20-36-76(64-72)114(96-48-24-44-88-81-38-16-18-50-98(81)116-110(88)96)77-52-58-94(112-66-77)73-51-53-86-93(65-73)102(70-31-11-4-12-32-70)106-90-46-22-42-83-78(55-57-92(104(83)90)108(106)101(86)69-29-9-3-10-30-69)71-33-19-35-75(63-71)113(74-59-61-111-62-60-74)95-47-23-43-87-80-37-15-17-49-97(80)115-109(87)95/h1-66H. The van der Waals surface area contributed by atoms with E-state index in [1.807, 2.05) is 36.8 Å². The van der Waals surface area contributed by atoms with Gasteiger partial charge in [0.05, 0.1) is 29.0 Å². The van der Waals surface area contributed by atoms with Crippen molar-refractivity contribution in [3.8, 4) is 123 Å². The van der Waals surface area contributed by atoms with Gasteiger partial charge in [0.15, 0.2) is 11.2 Å². The zero-order valence-corrected chi connectivity index (χ0v) is 62.7. The third-order valence-corrected chi connectivity index (χ3v) is 24.2. The highest BCUT2D eigenvalue weighted by atomic mass is 16.3. The third-order valence-electron chi connectivity index (χ3n) is 24.2. The van der Waals surface area contributed by atoms with E-state index < -0.39 is 0 Å². The lowest BCUT2D eigenvalue weighted by atomic mass is 9.82. The Balaban J connectivity index is 0.651. The average Bonchev–Trinajstić information content (AvgIpc) is 1.48. The number of aromatic nitrogens is 2. The molecule has 6 nitrogen and oxygen atoms in total. The van der Waals surface area contributed by atoms with Gasteiger partial charge in [0.25, 0.3) is 0 Å². The van der Waals surface area contributed by atoms with E-state index >= 15 is 0 Å². The van der Waals surface area contributed by atoms with Crippen LogP contribution in [0.5, 0.6) is 0 Å². The number of benzene rings is 18. The van der Waals surface area contributed by atoms with E-state index in [9.17, 15) is 0 Å². The molecule has 2 aliphatic rings. The van der Waals surface area contributed by atoms with Gasteiger partial charge in [-0.05, 0) is 233 Å². The molecule has 0 spiro atoms. The van der Waals surface area contributed by atoms with Crippen molar-refractivity contribution in [2.24, 2.45) is 0 Å². The first-order valence-electron chi connectivity index (χ1n) is 39.7. The third kappa shape index (κ3) is 9.97. The fourth-order valence-electron chi connectivity index (χ4n) is 19.4. The molecule has 6 heteroatoms. The van der Waals surface area contributed by atoms with E-state index in [2.05, 4.69) is 379 Å². The highest BCUT2D eigenvalue weighted by Crippen LogP contribution is 2.62. The Kier molecular flexibility index (Phi) is 14.7. The number of furan rings is 2. The lowest BCUT2D eigenvalue weighted by Gasteiger charge is -2.26. The van der Waals surface area contributed by atoms with Crippen LogP contribution in [0.3, 0.4) is 0 Å². The summed E-state index contributed by atoms with van der Waals surface area (Å²) in [6.07, 6.45) is 5.76. The number of pyridine rings is 2. The maximum absolute atomic E-state index is 6.97. The molecule has 0 saturated heterocycles. The molecule has 0 bridgehead atoms. The van der Waals surface area contributed by atoms with Crippen LogP contribution in [0.1, 0.15) is 0 Å². The second kappa shape index (κ2) is 26.1. The van der Waals surface area contributed by atoms with Gasteiger partial charge in [-0.1, -0.05) is 303 Å². The number of anilines is 6. The highest BCUT2D eigenvalue weighted by Gasteiger charge is 2.35. The van der Waals surface area contributed by atoms with Crippen molar-refractivity contribution in [1.29, 1.82) is 0 Å². The first-order chi connectivity index (χ1) is 57.6. The van der Waals surface area contributed by atoms with E-state index in [1.54, 1.807) is 0 Å². The Morgan fingerprint density at radius 3 is 1.04 bits per heavy atom. The van der Waals surface area contributed by atoms with Crippen LogP contribution in [0.2, 0.25) is 0 Å². The Labute approximate surface area is 668 Å². The van der Waals surface area contributed by atoms with Crippen molar-refractivity contribution in [2.45, 2.75) is 0 Å². The number of hydrogen-bond donors (Lipinski definition) is 0. The smallest absolute Gasteiger partial charge is 0.159 e. The zero-order chi connectivity index (χ0) is 76.1. The summed E-state index contributed by atoms with van der Waals surface area (Å²) in [5.74, 6) is 0. The summed E-state index contributed by atoms with van der Waals surface area (Å²) in [7, 11) is 0. The van der Waals surface area contributed by atoms with Crippen LogP contribution in [0, 0.1) is 0 Å². The molecule has 116 heavy (non-hydrogen) atoms. The lowest BCUT2D eigenvalue weighted by Crippen LogP contribution is -2.10. The van der Waals surface area contributed by atoms with E-state index in [0.29, 0.717) is 0 Å². The molecule has 24 rings (SSSR count). The van der Waals surface area contributed by atoms with E-state index in [4.69, 9.17) is 13.8 Å². The van der Waals surface area contributed by atoms with Crippen molar-refractivity contribution in [3.05, 3.63) is 401 Å². The fraction of sp³-hybridized carbons (Fsp3) is 0. The van der Waals surface area contributed by atoms with Gasteiger partial charge in [0, 0.05) is 56.6 Å². The van der Waals surface area contributed by atoms with Crippen LogP contribution in [-0.2, 0) is 0 Å². The second-order valence-electron chi connectivity index (χ2n) is 30.4. The summed E-state index contributed by atoms with van der Waals surface area (Å²) in [6, 6.07) is 139. The quantitative estimate of drug-likeness (QED) is 0.115. The van der Waals surface area contributed by atoms with Crippen LogP contribution in [0.15, 0.2) is 410 Å². The Morgan fingerprint density at radius 1 is 0.207 bits per heavy atom. The van der Waals surface area contributed by atoms with Gasteiger partial charge >= 0.3 is 0 Å². The molecule has 0 radical (unpaired) electrons. The molecule has 4 aromatic heterocycles. The van der Waals surface area contributed by atoms with Gasteiger partial charge in [-0.25, -0.2) is 0 Å². The number of hydrogen-bond acceptors (Lipinski definition) is 6. The summed E-state index contributed by atoms with van der Waals surface area (Å²) in [5, 5.41) is 13.9. The van der Waals surface area contributed by atoms with Crippen LogP contribution in [-0.4, -0.2) is 9.97 Å². The van der Waals surface area contributed by atoms with Crippen LogP contribution >= 0.6 is 0 Å².